The van der Waals surface area contributed by atoms with Crippen LogP contribution in [0.4, 0.5) is 5.69 Å². The Morgan fingerprint density at radius 2 is 2.00 bits per heavy atom. The van der Waals surface area contributed by atoms with Crippen LogP contribution in [0.1, 0.15) is 18.1 Å². The molecule has 0 radical (unpaired) electrons. The van der Waals surface area contributed by atoms with Crippen LogP contribution in [-0.4, -0.2) is 18.1 Å². The Bertz CT molecular complexity index is 424. The summed E-state index contributed by atoms with van der Waals surface area (Å²) in [7, 11) is 0. The lowest BCUT2D eigenvalue weighted by molar-refractivity contribution is -0.388. The number of rotatable bonds is 2. The molecule has 5 heteroatoms. The van der Waals surface area contributed by atoms with Crippen molar-refractivity contribution in [3.8, 4) is 0 Å². The second-order valence-electron chi connectivity index (χ2n) is 3.87. The summed E-state index contributed by atoms with van der Waals surface area (Å²) in [5.41, 5.74) is 1.17. The third-order valence-corrected chi connectivity index (χ3v) is 2.75. The van der Waals surface area contributed by atoms with Gasteiger partial charge in [-0.25, -0.2) is 0 Å². The highest BCUT2D eigenvalue weighted by atomic mass is 16.7. The predicted molar refractivity (Wildman–Crippen MR) is 57.1 cm³/mol. The molecule has 0 unspecified atom stereocenters. The number of benzene rings is 1. The molecule has 0 amide bonds. The van der Waals surface area contributed by atoms with Crippen LogP contribution in [0.2, 0.25) is 0 Å². The van der Waals surface area contributed by atoms with E-state index in [2.05, 4.69) is 0 Å². The number of hydrogen-bond donors (Lipinski definition) is 0. The zero-order valence-electron chi connectivity index (χ0n) is 9.23. The zero-order valence-corrected chi connectivity index (χ0v) is 9.23. The Morgan fingerprint density at radius 3 is 2.56 bits per heavy atom. The molecular formula is C11H13NO4. The van der Waals surface area contributed by atoms with Gasteiger partial charge in [-0.15, -0.1) is 0 Å². The van der Waals surface area contributed by atoms with E-state index < -0.39 is 5.79 Å². The Morgan fingerprint density at radius 1 is 1.38 bits per heavy atom. The second-order valence-corrected chi connectivity index (χ2v) is 3.87. The SMILES string of the molecule is Cc1cccc(C2(C)OCCO2)c1[N+](=O)[O-]. The molecule has 0 bridgehead atoms. The van der Waals surface area contributed by atoms with E-state index >= 15 is 0 Å². The van der Waals surface area contributed by atoms with Gasteiger partial charge in [-0.1, -0.05) is 12.1 Å². The van der Waals surface area contributed by atoms with Gasteiger partial charge in [-0.2, -0.15) is 0 Å². The molecule has 0 atom stereocenters. The van der Waals surface area contributed by atoms with E-state index in [9.17, 15) is 10.1 Å². The monoisotopic (exact) mass is 223 g/mol. The van der Waals surface area contributed by atoms with Crippen LogP contribution in [0, 0.1) is 17.0 Å². The average Bonchev–Trinajstić information content (AvgIpc) is 2.65. The van der Waals surface area contributed by atoms with Gasteiger partial charge in [0.15, 0.2) is 5.79 Å². The lowest BCUT2D eigenvalue weighted by Gasteiger charge is -2.22. The quantitative estimate of drug-likeness (QED) is 0.569. The third kappa shape index (κ3) is 1.68. The first kappa shape index (κ1) is 11.0. The Hall–Kier alpha value is -1.46. The number of nitro benzene ring substituents is 1. The standard InChI is InChI=1S/C11H13NO4/c1-8-4-3-5-9(10(8)12(13)14)11(2)15-6-7-16-11/h3-5H,6-7H2,1-2H3. The van der Waals surface area contributed by atoms with E-state index in [-0.39, 0.29) is 10.6 Å². The Kier molecular flexibility index (Phi) is 2.65. The van der Waals surface area contributed by atoms with Crippen LogP contribution in [0.5, 0.6) is 0 Å². The highest BCUT2D eigenvalue weighted by molar-refractivity contribution is 5.49. The number of nitrogens with zero attached hydrogens (tertiary/aromatic N) is 1. The molecule has 1 aromatic rings. The first-order valence-corrected chi connectivity index (χ1v) is 5.07. The maximum absolute atomic E-state index is 11.0. The molecule has 1 aromatic carbocycles. The Balaban J connectivity index is 2.55. The minimum Gasteiger partial charge on any atom is -0.343 e. The predicted octanol–water partition coefficient (Wildman–Crippen LogP) is 2.12. The largest absolute Gasteiger partial charge is 0.343 e. The molecule has 5 nitrogen and oxygen atoms in total. The van der Waals surface area contributed by atoms with Gasteiger partial charge in [-0.05, 0) is 19.9 Å². The number of para-hydroxylation sites is 1. The van der Waals surface area contributed by atoms with Crippen molar-refractivity contribution in [3.63, 3.8) is 0 Å². The van der Waals surface area contributed by atoms with Crippen LogP contribution in [-0.2, 0) is 15.3 Å². The topological polar surface area (TPSA) is 61.6 Å². The zero-order chi connectivity index (χ0) is 11.8. The van der Waals surface area contributed by atoms with Crippen molar-refractivity contribution < 1.29 is 14.4 Å². The maximum Gasteiger partial charge on any atom is 0.280 e. The van der Waals surface area contributed by atoms with E-state index in [0.717, 1.165) is 0 Å². The van der Waals surface area contributed by atoms with Crippen LogP contribution in [0.25, 0.3) is 0 Å². The van der Waals surface area contributed by atoms with E-state index in [1.165, 1.54) is 0 Å². The maximum atomic E-state index is 11.0. The van der Waals surface area contributed by atoms with Crippen molar-refractivity contribution in [1.29, 1.82) is 0 Å². The van der Waals surface area contributed by atoms with Crippen molar-refractivity contribution in [3.05, 3.63) is 39.4 Å². The van der Waals surface area contributed by atoms with Gasteiger partial charge in [0.05, 0.1) is 23.7 Å². The summed E-state index contributed by atoms with van der Waals surface area (Å²) in [5, 5.41) is 11.0. The van der Waals surface area contributed by atoms with Crippen LogP contribution >= 0.6 is 0 Å². The van der Waals surface area contributed by atoms with Gasteiger partial charge in [0.2, 0.25) is 0 Å². The van der Waals surface area contributed by atoms with Gasteiger partial charge in [0.25, 0.3) is 5.69 Å². The fourth-order valence-corrected chi connectivity index (χ4v) is 1.94. The summed E-state index contributed by atoms with van der Waals surface area (Å²) in [5.74, 6) is -0.992. The smallest absolute Gasteiger partial charge is 0.280 e. The summed E-state index contributed by atoms with van der Waals surface area (Å²) in [4.78, 5) is 10.6. The van der Waals surface area contributed by atoms with Crippen molar-refractivity contribution in [2.24, 2.45) is 0 Å². The third-order valence-electron chi connectivity index (χ3n) is 2.75. The van der Waals surface area contributed by atoms with E-state index in [1.54, 1.807) is 32.0 Å². The number of hydrogen-bond acceptors (Lipinski definition) is 4. The van der Waals surface area contributed by atoms with Gasteiger partial charge in [-0.3, -0.25) is 10.1 Å². The lowest BCUT2D eigenvalue weighted by Crippen LogP contribution is -2.24. The van der Waals surface area contributed by atoms with Gasteiger partial charge in [0, 0.05) is 5.56 Å². The molecule has 2 rings (SSSR count). The van der Waals surface area contributed by atoms with Crippen molar-refractivity contribution in [2.75, 3.05) is 13.2 Å². The molecule has 0 saturated carbocycles. The summed E-state index contributed by atoms with van der Waals surface area (Å²) in [6.07, 6.45) is 0. The van der Waals surface area contributed by atoms with Gasteiger partial charge in [0.1, 0.15) is 0 Å². The van der Waals surface area contributed by atoms with E-state index in [0.29, 0.717) is 24.3 Å². The number of aryl methyl sites for hydroxylation is 1. The average molecular weight is 223 g/mol. The molecule has 1 fully saturated rings. The normalized spacial score (nSPS) is 18.6. The van der Waals surface area contributed by atoms with E-state index in [1.807, 2.05) is 0 Å². The van der Waals surface area contributed by atoms with Gasteiger partial charge >= 0.3 is 0 Å². The Labute approximate surface area is 93.1 Å². The number of nitro groups is 1. The molecule has 0 spiro atoms. The first-order valence-electron chi connectivity index (χ1n) is 5.07. The van der Waals surface area contributed by atoms with Gasteiger partial charge < -0.3 is 9.47 Å². The van der Waals surface area contributed by atoms with Crippen LogP contribution < -0.4 is 0 Å². The minimum atomic E-state index is -0.992. The second kappa shape index (κ2) is 3.84. The molecule has 1 saturated heterocycles. The highest BCUT2D eigenvalue weighted by Crippen LogP contribution is 2.37. The summed E-state index contributed by atoms with van der Waals surface area (Å²) in [6, 6.07) is 5.16. The fourth-order valence-electron chi connectivity index (χ4n) is 1.94. The van der Waals surface area contributed by atoms with Crippen molar-refractivity contribution in [1.82, 2.24) is 0 Å². The first-order chi connectivity index (χ1) is 7.54. The fraction of sp³-hybridized carbons (Fsp3) is 0.455. The summed E-state index contributed by atoms with van der Waals surface area (Å²) < 4.78 is 10.9. The number of ether oxygens (including phenoxy) is 2. The van der Waals surface area contributed by atoms with Crippen molar-refractivity contribution in [2.45, 2.75) is 19.6 Å². The molecule has 86 valence electrons. The molecule has 1 heterocycles. The van der Waals surface area contributed by atoms with Crippen molar-refractivity contribution >= 4 is 5.69 Å². The molecular weight excluding hydrogens is 210 g/mol. The molecule has 0 aliphatic carbocycles. The summed E-state index contributed by atoms with van der Waals surface area (Å²) in [6.45, 7) is 4.34. The van der Waals surface area contributed by atoms with Crippen LogP contribution in [0.3, 0.4) is 0 Å². The van der Waals surface area contributed by atoms with E-state index in [4.69, 9.17) is 9.47 Å². The molecule has 16 heavy (non-hydrogen) atoms. The molecule has 0 N–H and O–H groups in total. The minimum absolute atomic E-state index is 0.0758. The van der Waals surface area contributed by atoms with Crippen LogP contribution in [0.15, 0.2) is 18.2 Å². The molecule has 0 aromatic heterocycles. The highest BCUT2D eigenvalue weighted by Gasteiger charge is 2.39. The summed E-state index contributed by atoms with van der Waals surface area (Å²) >= 11 is 0. The lowest BCUT2D eigenvalue weighted by atomic mass is 10.0. The molecule has 1 aliphatic heterocycles. The molecule has 1 aliphatic rings.